The lowest BCUT2D eigenvalue weighted by Gasteiger charge is -2.26. The second-order valence-corrected chi connectivity index (χ2v) is 4.98. The van der Waals surface area contributed by atoms with Crippen LogP contribution in [0.15, 0.2) is 0 Å². The van der Waals surface area contributed by atoms with E-state index in [9.17, 15) is 9.59 Å². The summed E-state index contributed by atoms with van der Waals surface area (Å²) in [4.78, 5) is 24.0. The number of rotatable bonds is 5. The van der Waals surface area contributed by atoms with E-state index in [4.69, 9.17) is 5.11 Å². The van der Waals surface area contributed by atoms with Crippen LogP contribution in [0.25, 0.3) is 0 Å². The van der Waals surface area contributed by atoms with Crippen molar-refractivity contribution in [2.75, 3.05) is 13.6 Å². The molecule has 1 atom stereocenters. The molecule has 0 radical (unpaired) electrons. The third-order valence-electron chi connectivity index (χ3n) is 2.11. The Kier molecular flexibility index (Phi) is 5.44. The molecule has 0 bridgehead atoms. The average Bonchev–Trinajstić information content (AvgIpc) is 1.99. The predicted molar refractivity (Wildman–Crippen MR) is 62.2 cm³/mol. The molecule has 0 saturated carbocycles. The van der Waals surface area contributed by atoms with Crippen molar-refractivity contribution >= 4 is 11.9 Å². The van der Waals surface area contributed by atoms with Gasteiger partial charge in [0.2, 0.25) is 5.91 Å². The number of carboxylic acid groups (broad SMARTS) is 1. The van der Waals surface area contributed by atoms with Crippen LogP contribution < -0.4 is 5.32 Å². The first-order chi connectivity index (χ1) is 7.17. The van der Waals surface area contributed by atoms with E-state index in [1.165, 1.54) is 0 Å². The van der Waals surface area contributed by atoms with Crippen LogP contribution in [0.3, 0.4) is 0 Å². The van der Waals surface area contributed by atoms with Gasteiger partial charge in [0.25, 0.3) is 0 Å². The summed E-state index contributed by atoms with van der Waals surface area (Å²) in [5.41, 5.74) is -0.289. The highest BCUT2D eigenvalue weighted by molar-refractivity contribution is 5.80. The number of nitrogens with one attached hydrogen (secondary N) is 1. The Morgan fingerprint density at radius 3 is 2.19 bits per heavy atom. The van der Waals surface area contributed by atoms with E-state index in [0.717, 1.165) is 0 Å². The van der Waals surface area contributed by atoms with E-state index in [1.54, 1.807) is 18.9 Å². The van der Waals surface area contributed by atoms with Crippen LogP contribution in [0.4, 0.5) is 0 Å². The van der Waals surface area contributed by atoms with E-state index >= 15 is 0 Å². The molecule has 5 heteroatoms. The van der Waals surface area contributed by atoms with E-state index in [-0.39, 0.29) is 18.0 Å². The fourth-order valence-electron chi connectivity index (χ4n) is 1.47. The highest BCUT2D eigenvalue weighted by Gasteiger charge is 2.23. The van der Waals surface area contributed by atoms with Gasteiger partial charge < -0.3 is 10.4 Å². The topological polar surface area (TPSA) is 69.6 Å². The average molecular weight is 230 g/mol. The molecule has 0 aliphatic rings. The molecule has 0 rings (SSSR count). The summed E-state index contributed by atoms with van der Waals surface area (Å²) in [6.07, 6.45) is 0.481. The Morgan fingerprint density at radius 2 is 1.88 bits per heavy atom. The zero-order valence-corrected chi connectivity index (χ0v) is 10.7. The zero-order chi connectivity index (χ0) is 12.9. The molecular weight excluding hydrogens is 208 g/mol. The maximum absolute atomic E-state index is 11.6. The summed E-state index contributed by atoms with van der Waals surface area (Å²) < 4.78 is 0. The Hall–Kier alpha value is -1.10. The Labute approximate surface area is 96.8 Å². The van der Waals surface area contributed by atoms with Crippen LogP contribution in [0, 0.1) is 0 Å². The number of carboxylic acids is 1. The second-order valence-electron chi connectivity index (χ2n) is 4.98. The minimum absolute atomic E-state index is 0.0993. The van der Waals surface area contributed by atoms with Crippen molar-refractivity contribution in [1.82, 2.24) is 10.2 Å². The monoisotopic (exact) mass is 230 g/mol. The highest BCUT2D eigenvalue weighted by Crippen LogP contribution is 2.03. The summed E-state index contributed by atoms with van der Waals surface area (Å²) in [7, 11) is 1.64. The Bertz CT molecular complexity index is 258. The molecule has 94 valence electrons. The standard InChI is InChI=1S/C11H22N2O3/c1-6-8(10(15)16)13(5)7-9(14)12-11(2,3)4/h8H,6-7H2,1-5H3,(H,12,14)(H,15,16). The number of hydrogen-bond acceptors (Lipinski definition) is 3. The fourth-order valence-corrected chi connectivity index (χ4v) is 1.47. The number of carbonyl (C=O) groups is 2. The number of amides is 1. The van der Waals surface area contributed by atoms with Crippen molar-refractivity contribution in [3.63, 3.8) is 0 Å². The van der Waals surface area contributed by atoms with Crippen molar-refractivity contribution in [2.45, 2.75) is 45.7 Å². The maximum Gasteiger partial charge on any atom is 0.320 e. The third kappa shape index (κ3) is 5.70. The third-order valence-corrected chi connectivity index (χ3v) is 2.11. The normalized spacial score (nSPS) is 13.6. The van der Waals surface area contributed by atoms with Gasteiger partial charge in [-0.1, -0.05) is 6.92 Å². The van der Waals surface area contributed by atoms with Crippen molar-refractivity contribution in [2.24, 2.45) is 0 Å². The number of aliphatic carboxylic acids is 1. The van der Waals surface area contributed by atoms with Gasteiger partial charge in [0.1, 0.15) is 6.04 Å². The first-order valence-electron chi connectivity index (χ1n) is 5.41. The van der Waals surface area contributed by atoms with Gasteiger partial charge in [0.15, 0.2) is 0 Å². The molecule has 0 spiro atoms. The first-order valence-corrected chi connectivity index (χ1v) is 5.41. The SMILES string of the molecule is CCC(C(=O)O)N(C)CC(=O)NC(C)(C)C. The molecule has 1 unspecified atom stereocenters. The van der Waals surface area contributed by atoms with Gasteiger partial charge in [0.05, 0.1) is 6.54 Å². The van der Waals surface area contributed by atoms with Crippen LogP contribution in [-0.2, 0) is 9.59 Å². The molecule has 2 N–H and O–H groups in total. The number of nitrogens with zero attached hydrogens (tertiary/aromatic N) is 1. The zero-order valence-electron chi connectivity index (χ0n) is 10.7. The highest BCUT2D eigenvalue weighted by atomic mass is 16.4. The van der Waals surface area contributed by atoms with Gasteiger partial charge in [-0.3, -0.25) is 14.5 Å². The predicted octanol–water partition coefficient (Wildman–Crippen LogP) is 0.696. The Morgan fingerprint density at radius 1 is 1.38 bits per heavy atom. The molecule has 16 heavy (non-hydrogen) atoms. The quantitative estimate of drug-likeness (QED) is 0.729. The Balaban J connectivity index is 4.28. The lowest BCUT2D eigenvalue weighted by molar-refractivity contribution is -0.143. The summed E-state index contributed by atoms with van der Waals surface area (Å²) >= 11 is 0. The van der Waals surface area contributed by atoms with E-state index in [1.807, 2.05) is 20.8 Å². The minimum Gasteiger partial charge on any atom is -0.480 e. The van der Waals surface area contributed by atoms with E-state index in [2.05, 4.69) is 5.32 Å². The molecule has 0 fully saturated rings. The summed E-state index contributed by atoms with van der Waals surface area (Å²) in [5, 5.41) is 11.7. The lowest BCUT2D eigenvalue weighted by atomic mass is 10.1. The summed E-state index contributed by atoms with van der Waals surface area (Å²) in [6.45, 7) is 7.55. The van der Waals surface area contributed by atoms with Gasteiger partial charge in [-0.25, -0.2) is 0 Å². The van der Waals surface area contributed by atoms with Crippen LogP contribution in [-0.4, -0.2) is 47.1 Å². The van der Waals surface area contributed by atoms with Crippen molar-refractivity contribution in [3.05, 3.63) is 0 Å². The smallest absolute Gasteiger partial charge is 0.320 e. The maximum atomic E-state index is 11.6. The molecule has 1 amide bonds. The second kappa shape index (κ2) is 5.84. The van der Waals surface area contributed by atoms with Gasteiger partial charge in [0, 0.05) is 5.54 Å². The van der Waals surface area contributed by atoms with Crippen molar-refractivity contribution in [1.29, 1.82) is 0 Å². The molecule has 0 heterocycles. The fraction of sp³-hybridized carbons (Fsp3) is 0.818. The molecule has 0 saturated heterocycles. The molecule has 0 aromatic rings. The van der Waals surface area contributed by atoms with Crippen LogP contribution in [0.2, 0.25) is 0 Å². The largest absolute Gasteiger partial charge is 0.480 e. The van der Waals surface area contributed by atoms with Gasteiger partial charge in [-0.15, -0.1) is 0 Å². The van der Waals surface area contributed by atoms with Crippen LogP contribution >= 0.6 is 0 Å². The molecule has 0 aliphatic heterocycles. The number of hydrogen-bond donors (Lipinski definition) is 2. The summed E-state index contributed by atoms with van der Waals surface area (Å²) in [5.74, 6) is -1.05. The van der Waals surface area contributed by atoms with Crippen molar-refractivity contribution in [3.8, 4) is 0 Å². The van der Waals surface area contributed by atoms with E-state index < -0.39 is 12.0 Å². The van der Waals surface area contributed by atoms with Gasteiger partial charge in [-0.2, -0.15) is 0 Å². The van der Waals surface area contributed by atoms with Crippen molar-refractivity contribution < 1.29 is 14.7 Å². The van der Waals surface area contributed by atoms with Crippen LogP contribution in [0.1, 0.15) is 34.1 Å². The molecular formula is C11H22N2O3. The summed E-state index contributed by atoms with van der Waals surface area (Å²) in [6, 6.07) is -0.606. The van der Waals surface area contributed by atoms with Crippen LogP contribution in [0.5, 0.6) is 0 Å². The molecule has 5 nitrogen and oxygen atoms in total. The minimum atomic E-state index is -0.895. The lowest BCUT2D eigenvalue weighted by Crippen LogP contribution is -2.48. The molecule has 0 aromatic carbocycles. The first kappa shape index (κ1) is 14.9. The molecule has 0 aromatic heterocycles. The van der Waals surface area contributed by atoms with Gasteiger partial charge >= 0.3 is 5.97 Å². The van der Waals surface area contributed by atoms with Gasteiger partial charge in [-0.05, 0) is 34.2 Å². The van der Waals surface area contributed by atoms with E-state index in [0.29, 0.717) is 6.42 Å². The number of carbonyl (C=O) groups excluding carboxylic acids is 1. The molecule has 0 aliphatic carbocycles. The number of likely N-dealkylation sites (N-methyl/N-ethyl adjacent to an activating group) is 1.